The number of aromatic nitrogens is 2. The van der Waals surface area contributed by atoms with Crippen LogP contribution < -0.4 is 5.73 Å². The van der Waals surface area contributed by atoms with Gasteiger partial charge in [0.1, 0.15) is 0 Å². The molecule has 1 aromatic heterocycles. The molecule has 5 heteroatoms. The summed E-state index contributed by atoms with van der Waals surface area (Å²) in [6.45, 7) is 3.91. The first-order valence-electron chi connectivity index (χ1n) is 6.06. The van der Waals surface area contributed by atoms with Gasteiger partial charge in [0.15, 0.2) is 0 Å². The first-order chi connectivity index (χ1) is 9.02. The zero-order chi connectivity index (χ0) is 14.0. The van der Waals surface area contributed by atoms with Gasteiger partial charge < -0.3 is 5.73 Å². The van der Waals surface area contributed by atoms with Crippen molar-refractivity contribution in [1.29, 1.82) is 0 Å². The molecule has 1 atom stereocenters. The zero-order valence-electron chi connectivity index (χ0n) is 10.8. The lowest BCUT2D eigenvalue weighted by atomic mass is 9.97. The molecule has 1 aromatic carbocycles. The Morgan fingerprint density at radius 2 is 1.89 bits per heavy atom. The molecule has 2 rings (SSSR count). The van der Waals surface area contributed by atoms with E-state index >= 15 is 0 Å². The molecule has 1 heterocycles. The van der Waals surface area contributed by atoms with E-state index in [0.29, 0.717) is 10.0 Å². The van der Waals surface area contributed by atoms with E-state index in [0.717, 1.165) is 28.9 Å². The van der Waals surface area contributed by atoms with Gasteiger partial charge in [-0.2, -0.15) is 10.2 Å². The number of nitrogens with two attached hydrogens (primary N) is 1. The Balaban J connectivity index is 2.51. The van der Waals surface area contributed by atoms with Crippen LogP contribution in [0.25, 0.3) is 0 Å². The van der Waals surface area contributed by atoms with Crippen LogP contribution in [0, 0.1) is 6.92 Å². The van der Waals surface area contributed by atoms with Crippen molar-refractivity contribution in [2.45, 2.75) is 26.3 Å². The maximum atomic E-state index is 6.32. The van der Waals surface area contributed by atoms with E-state index in [1.54, 1.807) is 18.2 Å². The number of benzene rings is 1. The molecule has 0 amide bonds. The highest BCUT2D eigenvalue weighted by Gasteiger charge is 2.17. The molecule has 0 spiro atoms. The molecule has 2 N–H and O–H groups in total. The van der Waals surface area contributed by atoms with E-state index in [-0.39, 0.29) is 6.04 Å². The molecule has 1 unspecified atom stereocenters. The van der Waals surface area contributed by atoms with Crippen molar-refractivity contribution in [3.63, 3.8) is 0 Å². The summed E-state index contributed by atoms with van der Waals surface area (Å²) in [5.74, 6) is 0. The molecule has 0 saturated heterocycles. The Bertz CT molecular complexity index is 599. The minimum atomic E-state index is -0.352. The molecule has 0 aliphatic carbocycles. The molecule has 0 fully saturated rings. The van der Waals surface area contributed by atoms with Gasteiger partial charge in [0, 0.05) is 10.0 Å². The third-order valence-corrected chi connectivity index (χ3v) is 3.57. The second-order valence-electron chi connectivity index (χ2n) is 4.38. The van der Waals surface area contributed by atoms with Crippen molar-refractivity contribution >= 4 is 23.2 Å². The van der Waals surface area contributed by atoms with Crippen LogP contribution in [0.5, 0.6) is 0 Å². The molecule has 100 valence electrons. The van der Waals surface area contributed by atoms with Gasteiger partial charge in [-0.25, -0.2) is 0 Å². The van der Waals surface area contributed by atoms with Gasteiger partial charge in [-0.15, -0.1) is 0 Å². The number of rotatable bonds is 3. The Labute approximate surface area is 122 Å². The van der Waals surface area contributed by atoms with Crippen LogP contribution >= 0.6 is 23.2 Å². The van der Waals surface area contributed by atoms with E-state index in [1.807, 2.05) is 19.9 Å². The summed E-state index contributed by atoms with van der Waals surface area (Å²) in [5.41, 5.74) is 9.78. The highest BCUT2D eigenvalue weighted by atomic mass is 35.5. The Morgan fingerprint density at radius 1 is 1.16 bits per heavy atom. The molecule has 0 aliphatic heterocycles. The van der Waals surface area contributed by atoms with Crippen LogP contribution in [-0.2, 0) is 6.42 Å². The number of nitrogens with zero attached hydrogens (tertiary/aromatic N) is 2. The van der Waals surface area contributed by atoms with Gasteiger partial charge in [0.05, 0.1) is 17.4 Å². The lowest BCUT2D eigenvalue weighted by Gasteiger charge is -2.17. The largest absolute Gasteiger partial charge is 0.320 e. The van der Waals surface area contributed by atoms with E-state index in [2.05, 4.69) is 10.2 Å². The molecule has 0 bridgehead atoms. The lowest BCUT2D eigenvalue weighted by Crippen LogP contribution is -2.16. The summed E-state index contributed by atoms with van der Waals surface area (Å²) in [6.07, 6.45) is 0.772. The van der Waals surface area contributed by atoms with E-state index < -0.39 is 0 Å². The molecule has 0 saturated carbocycles. The fraction of sp³-hybridized carbons (Fsp3) is 0.286. The van der Waals surface area contributed by atoms with Crippen LogP contribution in [0.3, 0.4) is 0 Å². The predicted molar refractivity (Wildman–Crippen MR) is 78.6 cm³/mol. The first kappa shape index (κ1) is 14.3. The average Bonchev–Trinajstić information content (AvgIpc) is 2.40. The number of aryl methyl sites for hydroxylation is 2. The molecule has 2 aromatic rings. The second kappa shape index (κ2) is 5.87. The summed E-state index contributed by atoms with van der Waals surface area (Å²) in [6, 6.07) is 6.90. The van der Waals surface area contributed by atoms with E-state index in [4.69, 9.17) is 28.9 Å². The highest BCUT2D eigenvalue weighted by molar-refractivity contribution is 6.33. The van der Waals surface area contributed by atoms with Gasteiger partial charge >= 0.3 is 0 Å². The normalized spacial score (nSPS) is 12.5. The Kier molecular flexibility index (Phi) is 4.40. The first-order valence-corrected chi connectivity index (χ1v) is 6.82. The van der Waals surface area contributed by atoms with E-state index in [9.17, 15) is 0 Å². The summed E-state index contributed by atoms with van der Waals surface area (Å²) in [5, 5.41) is 9.47. The summed E-state index contributed by atoms with van der Waals surface area (Å²) >= 11 is 12.2. The zero-order valence-corrected chi connectivity index (χ0v) is 12.3. The fourth-order valence-corrected chi connectivity index (χ4v) is 2.41. The van der Waals surface area contributed by atoms with Crippen molar-refractivity contribution < 1.29 is 0 Å². The number of hydrogen-bond acceptors (Lipinski definition) is 3. The van der Waals surface area contributed by atoms with Gasteiger partial charge in [-0.1, -0.05) is 30.1 Å². The molecular formula is C14H15Cl2N3. The SMILES string of the molecule is CCc1nnc(C)cc1C(N)c1cc(Cl)ccc1Cl. The van der Waals surface area contributed by atoms with Gasteiger partial charge in [0.2, 0.25) is 0 Å². The van der Waals surface area contributed by atoms with Gasteiger partial charge in [-0.3, -0.25) is 0 Å². The summed E-state index contributed by atoms with van der Waals surface area (Å²) in [4.78, 5) is 0. The molecule has 0 aliphatic rings. The highest BCUT2D eigenvalue weighted by Crippen LogP contribution is 2.30. The van der Waals surface area contributed by atoms with Crippen molar-refractivity contribution in [1.82, 2.24) is 10.2 Å². The fourth-order valence-electron chi connectivity index (χ4n) is 2.00. The van der Waals surface area contributed by atoms with Gasteiger partial charge in [-0.05, 0) is 48.7 Å². The molecule has 19 heavy (non-hydrogen) atoms. The Hall–Kier alpha value is -1.16. The summed E-state index contributed by atoms with van der Waals surface area (Å²) in [7, 11) is 0. The van der Waals surface area contributed by atoms with Gasteiger partial charge in [0.25, 0.3) is 0 Å². The third kappa shape index (κ3) is 3.06. The van der Waals surface area contributed by atoms with Crippen LogP contribution in [0.15, 0.2) is 24.3 Å². The maximum Gasteiger partial charge on any atom is 0.0679 e. The molecule has 0 radical (unpaired) electrons. The third-order valence-electron chi connectivity index (χ3n) is 2.99. The van der Waals surface area contributed by atoms with Crippen LogP contribution in [0.2, 0.25) is 10.0 Å². The van der Waals surface area contributed by atoms with Crippen LogP contribution in [-0.4, -0.2) is 10.2 Å². The quantitative estimate of drug-likeness (QED) is 0.939. The number of hydrogen-bond donors (Lipinski definition) is 1. The molecule has 3 nitrogen and oxygen atoms in total. The standard InChI is InChI=1S/C14H15Cl2N3/c1-3-13-11(6-8(2)18-19-13)14(17)10-7-9(15)4-5-12(10)16/h4-7,14H,3,17H2,1-2H3. The van der Waals surface area contributed by atoms with Crippen molar-refractivity contribution in [2.24, 2.45) is 5.73 Å². The number of halogens is 2. The monoisotopic (exact) mass is 295 g/mol. The van der Waals surface area contributed by atoms with Crippen molar-refractivity contribution in [3.8, 4) is 0 Å². The smallest absolute Gasteiger partial charge is 0.0679 e. The second-order valence-corrected chi connectivity index (χ2v) is 5.23. The van der Waals surface area contributed by atoms with Crippen molar-refractivity contribution in [3.05, 3.63) is 56.8 Å². The minimum absolute atomic E-state index is 0.352. The summed E-state index contributed by atoms with van der Waals surface area (Å²) < 4.78 is 0. The van der Waals surface area contributed by atoms with Crippen LogP contribution in [0.1, 0.15) is 35.5 Å². The van der Waals surface area contributed by atoms with Crippen molar-refractivity contribution in [2.75, 3.05) is 0 Å². The average molecular weight is 296 g/mol. The Morgan fingerprint density at radius 3 is 2.58 bits per heavy atom. The maximum absolute atomic E-state index is 6.32. The molecular weight excluding hydrogens is 281 g/mol. The predicted octanol–water partition coefficient (Wildman–Crippen LogP) is 3.70. The van der Waals surface area contributed by atoms with E-state index in [1.165, 1.54) is 0 Å². The van der Waals surface area contributed by atoms with Crippen LogP contribution in [0.4, 0.5) is 0 Å². The topological polar surface area (TPSA) is 51.8 Å². The lowest BCUT2D eigenvalue weighted by molar-refractivity contribution is 0.790. The minimum Gasteiger partial charge on any atom is -0.320 e.